The molecule has 0 radical (unpaired) electrons. The van der Waals surface area contributed by atoms with Gasteiger partial charge in [-0.2, -0.15) is 0 Å². The van der Waals surface area contributed by atoms with E-state index in [2.05, 4.69) is 11.5 Å². The molecule has 6 heteroatoms. The number of nitrogens with zero attached hydrogens (tertiary/aromatic N) is 2. The molecule has 28 heavy (non-hydrogen) atoms. The molecular weight excluding hydrogens is 356 g/mol. The van der Waals surface area contributed by atoms with Crippen LogP contribution in [0.3, 0.4) is 0 Å². The minimum atomic E-state index is -0.0393. The molecule has 3 rings (SSSR count). The van der Waals surface area contributed by atoms with E-state index in [4.69, 9.17) is 9.47 Å². The van der Waals surface area contributed by atoms with E-state index in [9.17, 15) is 9.90 Å². The third-order valence-corrected chi connectivity index (χ3v) is 4.81. The second kappa shape index (κ2) is 9.17. The van der Waals surface area contributed by atoms with Crippen LogP contribution in [0, 0.1) is 0 Å². The van der Waals surface area contributed by atoms with Crippen LogP contribution >= 0.6 is 0 Å². The van der Waals surface area contributed by atoms with Gasteiger partial charge in [0.15, 0.2) is 18.1 Å². The highest BCUT2D eigenvalue weighted by Crippen LogP contribution is 2.28. The van der Waals surface area contributed by atoms with E-state index in [0.29, 0.717) is 24.6 Å². The smallest absolute Gasteiger partial charge is 0.260 e. The average molecular weight is 382 g/mol. The first kappa shape index (κ1) is 19.6. The van der Waals surface area contributed by atoms with Crippen LogP contribution in [0.5, 0.6) is 17.2 Å². The molecule has 6 nitrogen and oxygen atoms in total. The molecule has 1 amide bonds. The van der Waals surface area contributed by atoms with Gasteiger partial charge in [0.05, 0.1) is 7.11 Å². The van der Waals surface area contributed by atoms with E-state index in [-0.39, 0.29) is 18.3 Å². The number of phenols is 1. The predicted molar refractivity (Wildman–Crippen MR) is 109 cm³/mol. The number of allylic oxidation sites excluding steroid dienone is 1. The van der Waals surface area contributed by atoms with Crippen LogP contribution in [0.1, 0.15) is 5.56 Å². The number of carbonyl (C=O) groups excluding carboxylic acids is 1. The van der Waals surface area contributed by atoms with Crippen LogP contribution in [0.2, 0.25) is 0 Å². The Labute approximate surface area is 165 Å². The molecule has 1 saturated heterocycles. The van der Waals surface area contributed by atoms with Gasteiger partial charge in [0.25, 0.3) is 5.91 Å². The summed E-state index contributed by atoms with van der Waals surface area (Å²) >= 11 is 0. The van der Waals surface area contributed by atoms with Crippen molar-refractivity contribution in [1.82, 2.24) is 4.90 Å². The van der Waals surface area contributed by atoms with Gasteiger partial charge in [-0.25, -0.2) is 0 Å². The summed E-state index contributed by atoms with van der Waals surface area (Å²) in [5, 5.41) is 9.40. The number of benzene rings is 2. The third-order valence-electron chi connectivity index (χ3n) is 4.81. The Kier molecular flexibility index (Phi) is 6.42. The molecule has 1 N–H and O–H groups in total. The number of aromatic hydroxyl groups is 1. The summed E-state index contributed by atoms with van der Waals surface area (Å²) in [5.41, 5.74) is 2.13. The molecule has 0 unspecified atom stereocenters. The Hall–Kier alpha value is -3.15. The number of carbonyl (C=O) groups is 1. The van der Waals surface area contributed by atoms with Gasteiger partial charge in [-0.05, 0) is 48.4 Å². The van der Waals surface area contributed by atoms with E-state index in [1.165, 1.54) is 0 Å². The molecule has 148 valence electrons. The van der Waals surface area contributed by atoms with Gasteiger partial charge in [-0.15, -0.1) is 6.58 Å². The SMILES string of the molecule is C=CCc1ccc(OCC(=O)N2CCN(c3ccc(O)cc3)CC2)c(OC)c1. The molecule has 1 aliphatic heterocycles. The van der Waals surface area contributed by atoms with E-state index >= 15 is 0 Å². The van der Waals surface area contributed by atoms with Gasteiger partial charge in [0.2, 0.25) is 0 Å². The molecule has 2 aromatic rings. The molecule has 2 aromatic carbocycles. The normalized spacial score (nSPS) is 13.9. The van der Waals surface area contributed by atoms with E-state index in [1.54, 1.807) is 19.2 Å². The van der Waals surface area contributed by atoms with Crippen molar-refractivity contribution < 1.29 is 19.4 Å². The molecule has 1 aliphatic rings. The Balaban J connectivity index is 1.52. The zero-order chi connectivity index (χ0) is 19.9. The number of anilines is 1. The maximum Gasteiger partial charge on any atom is 0.260 e. The van der Waals surface area contributed by atoms with E-state index in [1.807, 2.05) is 41.3 Å². The first-order chi connectivity index (χ1) is 13.6. The second-order valence-corrected chi connectivity index (χ2v) is 6.65. The zero-order valence-corrected chi connectivity index (χ0v) is 16.1. The maximum atomic E-state index is 12.5. The van der Waals surface area contributed by atoms with Crippen molar-refractivity contribution in [2.24, 2.45) is 0 Å². The van der Waals surface area contributed by atoms with Gasteiger partial charge < -0.3 is 24.4 Å². The van der Waals surface area contributed by atoms with E-state index < -0.39 is 0 Å². The molecule has 0 bridgehead atoms. The predicted octanol–water partition coefficient (Wildman–Crippen LogP) is 2.86. The lowest BCUT2D eigenvalue weighted by Crippen LogP contribution is -2.50. The number of amides is 1. The summed E-state index contributed by atoms with van der Waals surface area (Å²) in [4.78, 5) is 16.5. The first-order valence-corrected chi connectivity index (χ1v) is 9.33. The molecular formula is C22H26N2O4. The fourth-order valence-electron chi connectivity index (χ4n) is 3.23. The highest BCUT2D eigenvalue weighted by molar-refractivity contribution is 5.78. The zero-order valence-electron chi connectivity index (χ0n) is 16.1. The molecule has 0 aliphatic carbocycles. The average Bonchev–Trinajstić information content (AvgIpc) is 2.73. The summed E-state index contributed by atoms with van der Waals surface area (Å²) in [7, 11) is 1.59. The van der Waals surface area contributed by atoms with Gasteiger partial charge in [-0.1, -0.05) is 12.1 Å². The molecule has 0 spiro atoms. The van der Waals surface area contributed by atoms with Crippen molar-refractivity contribution in [1.29, 1.82) is 0 Å². The van der Waals surface area contributed by atoms with E-state index in [0.717, 1.165) is 30.8 Å². The van der Waals surface area contributed by atoms with Crippen molar-refractivity contribution in [3.05, 3.63) is 60.7 Å². The van der Waals surface area contributed by atoms with Crippen LogP contribution in [-0.2, 0) is 11.2 Å². The van der Waals surface area contributed by atoms with Crippen molar-refractivity contribution >= 4 is 11.6 Å². The first-order valence-electron chi connectivity index (χ1n) is 9.33. The number of methoxy groups -OCH3 is 1. The number of hydrogen-bond acceptors (Lipinski definition) is 5. The number of ether oxygens (including phenoxy) is 2. The third kappa shape index (κ3) is 4.76. The Morgan fingerprint density at radius 3 is 2.46 bits per heavy atom. The van der Waals surface area contributed by atoms with Crippen LogP contribution in [0.4, 0.5) is 5.69 Å². The maximum absolute atomic E-state index is 12.5. The lowest BCUT2D eigenvalue weighted by atomic mass is 10.1. The van der Waals surface area contributed by atoms with Crippen molar-refractivity contribution in [2.75, 3.05) is 44.8 Å². The Morgan fingerprint density at radius 2 is 1.82 bits per heavy atom. The lowest BCUT2D eigenvalue weighted by Gasteiger charge is -2.36. The summed E-state index contributed by atoms with van der Waals surface area (Å²) in [5.74, 6) is 1.39. The minimum absolute atomic E-state index is 0.0175. The van der Waals surface area contributed by atoms with Gasteiger partial charge >= 0.3 is 0 Å². The lowest BCUT2D eigenvalue weighted by molar-refractivity contribution is -0.133. The molecule has 0 saturated carbocycles. The molecule has 0 atom stereocenters. The monoisotopic (exact) mass is 382 g/mol. The van der Waals surface area contributed by atoms with Crippen molar-refractivity contribution in [3.63, 3.8) is 0 Å². The van der Waals surface area contributed by atoms with Gasteiger partial charge in [-0.3, -0.25) is 4.79 Å². The molecule has 1 fully saturated rings. The highest BCUT2D eigenvalue weighted by Gasteiger charge is 2.22. The largest absolute Gasteiger partial charge is 0.508 e. The fourth-order valence-corrected chi connectivity index (χ4v) is 3.23. The van der Waals surface area contributed by atoms with Crippen molar-refractivity contribution in [2.45, 2.75) is 6.42 Å². The standard InChI is InChI=1S/C22H26N2O4/c1-3-4-17-5-10-20(21(15-17)27-2)28-16-22(26)24-13-11-23(12-14-24)18-6-8-19(25)9-7-18/h3,5-10,15,25H,1,4,11-14,16H2,2H3. The summed E-state index contributed by atoms with van der Waals surface area (Å²) < 4.78 is 11.1. The quantitative estimate of drug-likeness (QED) is 0.746. The summed E-state index contributed by atoms with van der Waals surface area (Å²) in [6.45, 7) is 6.49. The molecule has 0 aromatic heterocycles. The second-order valence-electron chi connectivity index (χ2n) is 6.65. The van der Waals surface area contributed by atoms with Crippen molar-refractivity contribution in [3.8, 4) is 17.2 Å². The van der Waals surface area contributed by atoms with Gasteiger partial charge in [0.1, 0.15) is 5.75 Å². The number of piperazine rings is 1. The fraction of sp³-hybridized carbons (Fsp3) is 0.318. The minimum Gasteiger partial charge on any atom is -0.508 e. The highest BCUT2D eigenvalue weighted by atomic mass is 16.5. The number of rotatable bonds is 7. The summed E-state index contributed by atoms with van der Waals surface area (Å²) in [6, 6.07) is 12.8. The van der Waals surface area contributed by atoms with Crippen LogP contribution in [-0.4, -0.2) is 55.8 Å². The summed E-state index contributed by atoms with van der Waals surface area (Å²) in [6.07, 6.45) is 2.58. The van der Waals surface area contributed by atoms with Crippen LogP contribution < -0.4 is 14.4 Å². The molecule has 1 heterocycles. The Bertz CT molecular complexity index is 812. The van der Waals surface area contributed by atoms with Crippen LogP contribution in [0.25, 0.3) is 0 Å². The van der Waals surface area contributed by atoms with Crippen LogP contribution in [0.15, 0.2) is 55.1 Å². The topological polar surface area (TPSA) is 62.2 Å². The Morgan fingerprint density at radius 1 is 1.11 bits per heavy atom. The number of phenolic OH excluding ortho intramolecular Hbond substituents is 1. The number of hydrogen-bond donors (Lipinski definition) is 1. The van der Waals surface area contributed by atoms with Gasteiger partial charge in [0, 0.05) is 31.9 Å².